The van der Waals surface area contributed by atoms with Gasteiger partial charge in [0.05, 0.1) is 11.7 Å². The summed E-state index contributed by atoms with van der Waals surface area (Å²) < 4.78 is 19.6. The van der Waals surface area contributed by atoms with Gasteiger partial charge in [0, 0.05) is 32.0 Å². The minimum absolute atomic E-state index is 0.0317. The van der Waals surface area contributed by atoms with Gasteiger partial charge in [-0.05, 0) is 67.6 Å². The van der Waals surface area contributed by atoms with E-state index in [0.717, 1.165) is 37.7 Å². The van der Waals surface area contributed by atoms with E-state index in [1.807, 2.05) is 19.2 Å². The standard InChI is InChI=1S/C22H28FNO3/c1-27-21-8-14-6-16(9-21)22(17(7-14)10-21,15-2-4-18(23)5-3-15)11-20(26)24-12-19(25)13-24/h2-5,14,16-17,19,25H,6-13H2,1H3/t14?,16?,17?,21-,22+. The Morgan fingerprint density at radius 2 is 1.81 bits per heavy atom. The van der Waals surface area contributed by atoms with Gasteiger partial charge in [-0.2, -0.15) is 0 Å². The molecule has 5 aliphatic rings. The highest BCUT2D eigenvalue weighted by Gasteiger charge is 2.63. The number of amides is 1. The van der Waals surface area contributed by atoms with Crippen molar-refractivity contribution in [2.75, 3.05) is 20.2 Å². The number of hydrogen-bond acceptors (Lipinski definition) is 3. The van der Waals surface area contributed by atoms with Crippen molar-refractivity contribution in [3.63, 3.8) is 0 Å². The van der Waals surface area contributed by atoms with Gasteiger partial charge in [-0.1, -0.05) is 12.1 Å². The number of hydrogen-bond donors (Lipinski definition) is 1. The highest BCUT2D eigenvalue weighted by molar-refractivity contribution is 5.79. The lowest BCUT2D eigenvalue weighted by Gasteiger charge is -2.65. The highest BCUT2D eigenvalue weighted by atomic mass is 19.1. The number of aliphatic hydroxyl groups excluding tert-OH is 1. The van der Waals surface area contributed by atoms with Crippen LogP contribution in [-0.4, -0.2) is 47.8 Å². The molecule has 1 aromatic carbocycles. The smallest absolute Gasteiger partial charge is 0.223 e. The summed E-state index contributed by atoms with van der Waals surface area (Å²) >= 11 is 0. The van der Waals surface area contributed by atoms with Crippen LogP contribution in [0.1, 0.15) is 44.1 Å². The Bertz CT molecular complexity index is 726. The maximum atomic E-state index is 13.6. The highest BCUT2D eigenvalue weighted by Crippen LogP contribution is 2.66. The minimum Gasteiger partial charge on any atom is -0.389 e. The number of rotatable bonds is 4. The first-order valence-corrected chi connectivity index (χ1v) is 10.2. The van der Waals surface area contributed by atoms with Gasteiger partial charge >= 0.3 is 0 Å². The van der Waals surface area contributed by atoms with Gasteiger partial charge in [0.15, 0.2) is 0 Å². The molecule has 4 aliphatic carbocycles. The molecule has 2 unspecified atom stereocenters. The molecular weight excluding hydrogens is 345 g/mol. The van der Waals surface area contributed by atoms with Crippen molar-refractivity contribution in [2.24, 2.45) is 17.8 Å². The van der Waals surface area contributed by atoms with Gasteiger partial charge in [-0.25, -0.2) is 4.39 Å². The van der Waals surface area contributed by atoms with E-state index >= 15 is 0 Å². The minimum atomic E-state index is -0.383. The van der Waals surface area contributed by atoms with E-state index < -0.39 is 0 Å². The van der Waals surface area contributed by atoms with Crippen LogP contribution in [0.4, 0.5) is 4.39 Å². The summed E-state index contributed by atoms with van der Waals surface area (Å²) in [6.45, 7) is 0.886. The molecule has 0 aromatic heterocycles. The number of carbonyl (C=O) groups is 1. The molecule has 5 heteroatoms. The summed E-state index contributed by atoms with van der Waals surface area (Å²) in [4.78, 5) is 14.8. The predicted octanol–water partition coefficient (Wildman–Crippen LogP) is 2.88. The van der Waals surface area contributed by atoms with Gasteiger partial charge in [-0.3, -0.25) is 4.79 Å². The first kappa shape index (κ1) is 17.6. The number of benzene rings is 1. The quantitative estimate of drug-likeness (QED) is 0.883. The third-order valence-corrected chi connectivity index (χ3v) is 8.06. The molecule has 146 valence electrons. The first-order chi connectivity index (χ1) is 12.9. The van der Waals surface area contributed by atoms with Crippen molar-refractivity contribution in [1.82, 2.24) is 4.90 Å². The largest absolute Gasteiger partial charge is 0.389 e. The Hall–Kier alpha value is -1.46. The number of ether oxygens (including phenoxy) is 1. The Morgan fingerprint density at radius 3 is 2.37 bits per heavy atom. The van der Waals surface area contributed by atoms with Crippen LogP contribution in [0.5, 0.6) is 0 Å². The Morgan fingerprint density at radius 1 is 1.19 bits per heavy atom. The third-order valence-electron chi connectivity index (χ3n) is 8.06. The number of β-amino-alcohol motifs (C(OH)–C–C–N with tert-alkyl or cyclic N) is 1. The number of carbonyl (C=O) groups excluding carboxylic acids is 1. The molecule has 1 saturated heterocycles. The van der Waals surface area contributed by atoms with Gasteiger partial charge in [0.25, 0.3) is 0 Å². The number of nitrogens with zero attached hydrogens (tertiary/aromatic N) is 1. The van der Waals surface area contributed by atoms with Gasteiger partial charge in [-0.15, -0.1) is 0 Å². The Balaban J connectivity index is 1.53. The number of likely N-dealkylation sites (tertiary alicyclic amines) is 1. The third kappa shape index (κ3) is 2.58. The van der Waals surface area contributed by atoms with Crippen molar-refractivity contribution in [3.05, 3.63) is 35.6 Å². The van der Waals surface area contributed by atoms with Crippen molar-refractivity contribution < 1.29 is 19.0 Å². The van der Waals surface area contributed by atoms with E-state index in [9.17, 15) is 14.3 Å². The fourth-order valence-corrected chi connectivity index (χ4v) is 6.92. The van der Waals surface area contributed by atoms with Crippen LogP contribution in [0.3, 0.4) is 0 Å². The zero-order chi connectivity index (χ0) is 18.8. The van der Waals surface area contributed by atoms with Gasteiger partial charge in [0.2, 0.25) is 5.91 Å². The molecule has 1 amide bonds. The molecule has 4 nitrogen and oxygen atoms in total. The van der Waals surface area contributed by atoms with E-state index in [1.165, 1.54) is 12.1 Å². The molecule has 4 saturated carbocycles. The summed E-state index contributed by atoms with van der Waals surface area (Å²) in [5, 5.41) is 9.60. The monoisotopic (exact) mass is 373 g/mol. The van der Waals surface area contributed by atoms with Gasteiger partial charge < -0.3 is 14.7 Å². The second kappa shape index (κ2) is 6.02. The van der Waals surface area contributed by atoms with Crippen LogP contribution in [0, 0.1) is 23.6 Å². The molecule has 0 spiro atoms. The molecule has 1 N–H and O–H groups in total. The Labute approximate surface area is 159 Å². The number of halogens is 1. The van der Waals surface area contributed by atoms with Crippen LogP contribution in [0.25, 0.3) is 0 Å². The van der Waals surface area contributed by atoms with E-state index in [2.05, 4.69) is 0 Å². The average Bonchev–Trinajstić information content (AvgIpc) is 2.62. The molecule has 6 rings (SSSR count). The van der Waals surface area contributed by atoms with Crippen LogP contribution in [-0.2, 0) is 14.9 Å². The molecular formula is C22H28FNO3. The van der Waals surface area contributed by atoms with Gasteiger partial charge in [0.1, 0.15) is 5.82 Å². The normalized spacial score (nSPS) is 40.3. The van der Waals surface area contributed by atoms with Crippen LogP contribution < -0.4 is 0 Å². The lowest BCUT2D eigenvalue weighted by atomic mass is 9.41. The molecule has 4 bridgehead atoms. The molecule has 1 aromatic rings. The van der Waals surface area contributed by atoms with Crippen molar-refractivity contribution in [1.29, 1.82) is 0 Å². The second-order valence-electron chi connectivity index (χ2n) is 9.41. The van der Waals surface area contributed by atoms with E-state index in [1.54, 1.807) is 4.90 Å². The maximum Gasteiger partial charge on any atom is 0.223 e. The summed E-state index contributed by atoms with van der Waals surface area (Å²) in [6, 6.07) is 6.86. The molecule has 1 heterocycles. The first-order valence-electron chi connectivity index (χ1n) is 10.2. The lowest BCUT2D eigenvalue weighted by molar-refractivity contribution is -0.186. The maximum absolute atomic E-state index is 13.6. The van der Waals surface area contributed by atoms with Crippen molar-refractivity contribution in [3.8, 4) is 0 Å². The molecule has 27 heavy (non-hydrogen) atoms. The number of methoxy groups -OCH3 is 1. The zero-order valence-electron chi connectivity index (χ0n) is 15.9. The number of aliphatic hydroxyl groups is 1. The summed E-state index contributed by atoms with van der Waals surface area (Å²) in [5.74, 6) is 1.36. The summed E-state index contributed by atoms with van der Waals surface area (Å²) in [7, 11) is 1.83. The van der Waals surface area contributed by atoms with E-state index in [-0.39, 0.29) is 28.8 Å². The lowest BCUT2D eigenvalue weighted by Crippen LogP contribution is -2.64. The molecule has 2 atom stereocenters. The summed E-state index contributed by atoms with van der Waals surface area (Å²) in [5.41, 5.74) is 0.846. The van der Waals surface area contributed by atoms with Crippen LogP contribution in [0.15, 0.2) is 24.3 Å². The van der Waals surface area contributed by atoms with Crippen LogP contribution in [0.2, 0.25) is 0 Å². The second-order valence-corrected chi connectivity index (χ2v) is 9.41. The van der Waals surface area contributed by atoms with Crippen molar-refractivity contribution >= 4 is 5.91 Å². The average molecular weight is 373 g/mol. The fourth-order valence-electron chi connectivity index (χ4n) is 6.92. The SMILES string of the molecule is CO[C@]12CC3CC(C1)[C@](CC(=O)N1CC(O)C1)(c1ccc(F)cc1)C(C3)C2. The molecule has 0 radical (unpaired) electrons. The topological polar surface area (TPSA) is 49.8 Å². The van der Waals surface area contributed by atoms with Crippen molar-refractivity contribution in [2.45, 2.75) is 55.6 Å². The zero-order valence-corrected chi connectivity index (χ0v) is 15.9. The fraction of sp³-hybridized carbons (Fsp3) is 0.682. The predicted molar refractivity (Wildman–Crippen MR) is 98.6 cm³/mol. The van der Waals surface area contributed by atoms with E-state index in [0.29, 0.717) is 37.3 Å². The molecule has 1 aliphatic heterocycles. The van der Waals surface area contributed by atoms with E-state index in [4.69, 9.17) is 4.74 Å². The Kier molecular flexibility index (Phi) is 3.93. The van der Waals surface area contributed by atoms with Crippen LogP contribution >= 0.6 is 0 Å². The molecule has 5 fully saturated rings. The summed E-state index contributed by atoms with van der Waals surface area (Å²) in [6.07, 6.45) is 5.47.